The Balaban J connectivity index is 1.94. The van der Waals surface area contributed by atoms with Gasteiger partial charge >= 0.3 is 0 Å². The summed E-state index contributed by atoms with van der Waals surface area (Å²) in [5.74, 6) is -0.387. The highest BCUT2D eigenvalue weighted by Crippen LogP contribution is 2.24. The maximum atomic E-state index is 13.0. The van der Waals surface area contributed by atoms with E-state index in [1.807, 2.05) is 20.0 Å². The lowest BCUT2D eigenvalue weighted by molar-refractivity contribution is 0.0933. The van der Waals surface area contributed by atoms with E-state index < -0.39 is 0 Å². The summed E-state index contributed by atoms with van der Waals surface area (Å²) in [4.78, 5) is 17.5. The minimum Gasteiger partial charge on any atom is -0.348 e. The van der Waals surface area contributed by atoms with Gasteiger partial charge in [0.15, 0.2) is 4.96 Å². The third-order valence-corrected chi connectivity index (χ3v) is 4.41. The highest BCUT2D eigenvalue weighted by molar-refractivity contribution is 7.15. The van der Waals surface area contributed by atoms with Crippen molar-refractivity contribution in [2.24, 2.45) is 0 Å². The molecule has 1 N–H and O–H groups in total. The van der Waals surface area contributed by atoms with Crippen molar-refractivity contribution in [3.63, 3.8) is 0 Å². The summed E-state index contributed by atoms with van der Waals surface area (Å²) in [6, 6.07) is 6.29. The molecule has 2 heterocycles. The Morgan fingerprint density at radius 3 is 2.82 bits per heavy atom. The quantitative estimate of drug-likeness (QED) is 0.797. The molecule has 0 fully saturated rings. The lowest BCUT2D eigenvalue weighted by Gasteiger charge is -2.10. The number of thiazole rings is 1. The van der Waals surface area contributed by atoms with Crippen LogP contribution in [-0.2, 0) is 0 Å². The van der Waals surface area contributed by atoms with Crippen molar-refractivity contribution in [2.75, 3.05) is 0 Å². The van der Waals surface area contributed by atoms with Gasteiger partial charge in [-0.3, -0.25) is 9.20 Å². The molecule has 0 aliphatic rings. The highest BCUT2D eigenvalue weighted by Gasteiger charge is 2.16. The van der Waals surface area contributed by atoms with Gasteiger partial charge in [0.1, 0.15) is 11.5 Å². The lowest BCUT2D eigenvalue weighted by atomic mass is 10.2. The number of hydrogen-bond donors (Lipinski definition) is 1. The topological polar surface area (TPSA) is 46.4 Å². The van der Waals surface area contributed by atoms with Gasteiger partial charge in [-0.05, 0) is 37.6 Å². The number of fused-ring (bicyclic) bond motifs is 1. The summed E-state index contributed by atoms with van der Waals surface area (Å²) in [6.45, 7) is 4.00. The molecular weight excluding hydrogens is 301 g/mol. The van der Waals surface area contributed by atoms with Crippen molar-refractivity contribution in [3.05, 3.63) is 47.4 Å². The van der Waals surface area contributed by atoms with E-state index >= 15 is 0 Å². The lowest BCUT2D eigenvalue weighted by Crippen LogP contribution is -2.32. The van der Waals surface area contributed by atoms with Gasteiger partial charge in [-0.15, -0.1) is 11.3 Å². The predicted octanol–water partition coefficient (Wildman–Crippen LogP) is 3.73. The fraction of sp³-hybridized carbons (Fsp3) is 0.250. The van der Waals surface area contributed by atoms with Crippen LogP contribution in [0.3, 0.4) is 0 Å². The average Bonchev–Trinajstić information content (AvgIpc) is 3.07. The number of nitrogens with zero attached hydrogens (tertiary/aromatic N) is 2. The fourth-order valence-electron chi connectivity index (χ4n) is 2.11. The van der Waals surface area contributed by atoms with Crippen molar-refractivity contribution in [1.29, 1.82) is 0 Å². The number of carbonyl (C=O) groups is 1. The van der Waals surface area contributed by atoms with Gasteiger partial charge in [-0.25, -0.2) is 9.37 Å². The van der Waals surface area contributed by atoms with Crippen molar-refractivity contribution >= 4 is 22.2 Å². The third-order valence-electron chi connectivity index (χ3n) is 3.57. The van der Waals surface area contributed by atoms with Gasteiger partial charge in [0.2, 0.25) is 0 Å². The monoisotopic (exact) mass is 317 g/mol. The normalized spacial score (nSPS) is 12.5. The molecular formula is C16H16FN3OS. The number of rotatable bonds is 4. The zero-order chi connectivity index (χ0) is 15.7. The Bertz CT molecular complexity index is 807. The van der Waals surface area contributed by atoms with Gasteiger partial charge in [0, 0.05) is 23.2 Å². The summed E-state index contributed by atoms with van der Waals surface area (Å²) in [5.41, 5.74) is 2.12. The minimum absolute atomic E-state index is 0.108. The van der Waals surface area contributed by atoms with Crippen molar-refractivity contribution in [3.8, 4) is 11.3 Å². The first kappa shape index (κ1) is 14.7. The molecule has 1 unspecified atom stereocenters. The first-order valence-corrected chi connectivity index (χ1v) is 8.00. The minimum atomic E-state index is -0.279. The Labute approximate surface area is 131 Å². The van der Waals surface area contributed by atoms with E-state index in [4.69, 9.17) is 0 Å². The summed E-state index contributed by atoms with van der Waals surface area (Å²) in [7, 11) is 0. The molecule has 2 aromatic heterocycles. The number of benzene rings is 1. The van der Waals surface area contributed by atoms with Crippen LogP contribution in [-0.4, -0.2) is 21.3 Å². The largest absolute Gasteiger partial charge is 0.348 e. The van der Waals surface area contributed by atoms with Crippen LogP contribution in [0.1, 0.15) is 30.8 Å². The second kappa shape index (κ2) is 5.88. The van der Waals surface area contributed by atoms with Gasteiger partial charge in [0.25, 0.3) is 5.91 Å². The molecule has 1 atom stereocenters. The predicted molar refractivity (Wildman–Crippen MR) is 85.7 cm³/mol. The molecule has 0 spiro atoms. The zero-order valence-corrected chi connectivity index (χ0v) is 13.2. The van der Waals surface area contributed by atoms with Crippen molar-refractivity contribution in [1.82, 2.24) is 14.7 Å². The Kier molecular flexibility index (Phi) is 3.94. The van der Waals surface area contributed by atoms with Gasteiger partial charge < -0.3 is 5.32 Å². The number of imidazole rings is 1. The number of halogens is 1. The molecule has 1 aromatic carbocycles. The van der Waals surface area contributed by atoms with E-state index in [9.17, 15) is 9.18 Å². The van der Waals surface area contributed by atoms with Crippen LogP contribution in [0.15, 0.2) is 35.8 Å². The molecule has 4 nitrogen and oxygen atoms in total. The fourth-order valence-corrected chi connectivity index (χ4v) is 2.96. The second-order valence-corrected chi connectivity index (χ2v) is 6.03. The van der Waals surface area contributed by atoms with Crippen LogP contribution < -0.4 is 5.32 Å². The Morgan fingerprint density at radius 1 is 1.41 bits per heavy atom. The third kappa shape index (κ3) is 2.74. The van der Waals surface area contributed by atoms with Crippen LogP contribution in [0.25, 0.3) is 16.2 Å². The number of nitrogens with one attached hydrogen (secondary N) is 1. The second-order valence-electron chi connectivity index (χ2n) is 5.19. The molecule has 3 aromatic rings. The molecule has 0 saturated heterocycles. The summed E-state index contributed by atoms with van der Waals surface area (Å²) in [5, 5.41) is 4.75. The van der Waals surface area contributed by atoms with E-state index in [1.54, 1.807) is 21.9 Å². The Morgan fingerprint density at radius 2 is 2.14 bits per heavy atom. The average molecular weight is 317 g/mol. The first-order valence-electron chi connectivity index (χ1n) is 7.12. The van der Waals surface area contributed by atoms with Crippen molar-refractivity contribution in [2.45, 2.75) is 26.3 Å². The van der Waals surface area contributed by atoms with Crippen molar-refractivity contribution < 1.29 is 9.18 Å². The molecule has 0 aliphatic carbocycles. The van der Waals surface area contributed by atoms with E-state index in [1.165, 1.54) is 23.5 Å². The highest BCUT2D eigenvalue weighted by atomic mass is 32.1. The molecule has 0 bridgehead atoms. The molecule has 0 saturated carbocycles. The van der Waals surface area contributed by atoms with Crippen LogP contribution in [0, 0.1) is 5.82 Å². The van der Waals surface area contributed by atoms with Gasteiger partial charge in [0.05, 0.1) is 5.69 Å². The van der Waals surface area contributed by atoms with Gasteiger partial charge in [-0.2, -0.15) is 0 Å². The van der Waals surface area contributed by atoms with Crippen LogP contribution in [0.5, 0.6) is 0 Å². The maximum Gasteiger partial charge on any atom is 0.269 e. The first-order chi connectivity index (χ1) is 10.6. The SMILES string of the molecule is CCC(C)NC(=O)c1csc2nc(-c3ccc(F)cc3)cn12. The van der Waals surface area contributed by atoms with Gasteiger partial charge in [-0.1, -0.05) is 6.92 Å². The van der Waals surface area contributed by atoms with E-state index in [2.05, 4.69) is 10.3 Å². The number of carbonyl (C=O) groups excluding carboxylic acids is 1. The maximum absolute atomic E-state index is 13.0. The van der Waals surface area contributed by atoms with Crippen LogP contribution in [0.2, 0.25) is 0 Å². The molecule has 22 heavy (non-hydrogen) atoms. The number of aromatic nitrogens is 2. The molecule has 0 aliphatic heterocycles. The molecule has 0 radical (unpaired) electrons. The molecule has 1 amide bonds. The molecule has 6 heteroatoms. The van der Waals surface area contributed by atoms with E-state index in [0.29, 0.717) is 5.69 Å². The number of hydrogen-bond acceptors (Lipinski definition) is 3. The van der Waals surface area contributed by atoms with Crippen LogP contribution >= 0.6 is 11.3 Å². The van der Waals surface area contributed by atoms with Crippen LogP contribution in [0.4, 0.5) is 4.39 Å². The van der Waals surface area contributed by atoms with E-state index in [0.717, 1.165) is 22.6 Å². The smallest absolute Gasteiger partial charge is 0.269 e. The number of amides is 1. The Hall–Kier alpha value is -2.21. The summed E-state index contributed by atoms with van der Waals surface area (Å²) < 4.78 is 14.8. The standard InChI is InChI=1S/C16H16FN3OS/c1-3-10(2)18-15(21)14-9-22-16-19-13(8-20(14)16)11-4-6-12(17)7-5-11/h4-10H,3H2,1-2H3,(H,18,21). The molecule has 3 rings (SSSR count). The summed E-state index contributed by atoms with van der Waals surface area (Å²) in [6.07, 6.45) is 2.69. The molecule has 114 valence electrons. The summed E-state index contributed by atoms with van der Waals surface area (Å²) >= 11 is 1.41. The van der Waals surface area contributed by atoms with E-state index in [-0.39, 0.29) is 17.8 Å². The zero-order valence-electron chi connectivity index (χ0n) is 12.3.